The molecule has 3 N–H and O–H groups in total. The summed E-state index contributed by atoms with van der Waals surface area (Å²) in [6.07, 6.45) is 6.95. The summed E-state index contributed by atoms with van der Waals surface area (Å²) in [6.45, 7) is 0. The Morgan fingerprint density at radius 3 is 2.62 bits per heavy atom. The number of rotatable bonds is 4. The third-order valence-corrected chi connectivity index (χ3v) is 7.95. The van der Waals surface area contributed by atoms with E-state index < -0.39 is 10.0 Å². The highest BCUT2D eigenvalue weighted by atomic mass is 32.2. The normalized spacial score (nSPS) is 31.7. The molecule has 4 rings (SSSR count). The molecule has 0 spiro atoms. The maximum atomic E-state index is 13.3. The number of nitrogens with two attached hydrogens (primary N) is 1. The van der Waals surface area contributed by atoms with Gasteiger partial charge in [-0.2, -0.15) is 0 Å². The van der Waals surface area contributed by atoms with Crippen molar-refractivity contribution in [1.29, 1.82) is 0 Å². The first-order valence-corrected chi connectivity index (χ1v) is 11.0. The standard InChI is InChI=1S/C19H26FN3O2S/c20-15-7-5-13(6-8-15)16(12-19(21)9-10-19)22-18-11-14-3-1-2-4-17(14)26(24,25)23-18/h5-8,14,16-17H,1-4,9-12,21H2,(H,22,23)/t14?,16-,17?/m0/s1. The minimum Gasteiger partial charge on any atom is -0.325 e. The van der Waals surface area contributed by atoms with Gasteiger partial charge in [0.1, 0.15) is 11.7 Å². The largest absolute Gasteiger partial charge is 0.325 e. The molecule has 2 aliphatic carbocycles. The van der Waals surface area contributed by atoms with Crippen LogP contribution in [0.15, 0.2) is 29.3 Å². The molecule has 5 nitrogen and oxygen atoms in total. The number of nitrogens with zero attached hydrogens (tertiary/aromatic N) is 1. The highest BCUT2D eigenvalue weighted by Gasteiger charge is 2.43. The number of nitrogens with one attached hydrogen (secondary N) is 1. The van der Waals surface area contributed by atoms with Crippen molar-refractivity contribution in [2.24, 2.45) is 16.6 Å². The molecule has 2 saturated carbocycles. The lowest BCUT2D eigenvalue weighted by atomic mass is 9.86. The quantitative estimate of drug-likeness (QED) is 0.843. The van der Waals surface area contributed by atoms with Crippen LogP contribution in [0.5, 0.6) is 0 Å². The van der Waals surface area contributed by atoms with Crippen LogP contribution in [-0.4, -0.2) is 25.0 Å². The van der Waals surface area contributed by atoms with Crippen LogP contribution in [-0.2, 0) is 10.0 Å². The number of hydrogen-bond acceptors (Lipinski definition) is 4. The van der Waals surface area contributed by atoms with Crippen molar-refractivity contribution in [3.05, 3.63) is 35.6 Å². The molecular weight excluding hydrogens is 353 g/mol. The monoisotopic (exact) mass is 379 g/mol. The lowest BCUT2D eigenvalue weighted by Gasteiger charge is -2.36. The van der Waals surface area contributed by atoms with Crippen LogP contribution in [0.3, 0.4) is 0 Å². The molecule has 7 heteroatoms. The fraction of sp³-hybridized carbons (Fsp3) is 0.632. The Morgan fingerprint density at radius 2 is 1.92 bits per heavy atom. The Labute approximate surface area is 154 Å². The van der Waals surface area contributed by atoms with Gasteiger partial charge in [0, 0.05) is 12.0 Å². The molecule has 0 amide bonds. The van der Waals surface area contributed by atoms with Gasteiger partial charge in [-0.1, -0.05) is 25.0 Å². The molecule has 142 valence electrons. The molecular formula is C19H26FN3O2S. The van der Waals surface area contributed by atoms with Crippen molar-refractivity contribution in [3.8, 4) is 0 Å². The Morgan fingerprint density at radius 1 is 1.23 bits per heavy atom. The Balaban J connectivity index is 1.62. The lowest BCUT2D eigenvalue weighted by Crippen LogP contribution is -2.50. The van der Waals surface area contributed by atoms with Crippen molar-refractivity contribution in [2.45, 2.75) is 68.2 Å². The Hall–Kier alpha value is -1.47. The minimum absolute atomic E-state index is 0.148. The van der Waals surface area contributed by atoms with Crippen LogP contribution in [0, 0.1) is 11.7 Å². The molecule has 1 aromatic carbocycles. The van der Waals surface area contributed by atoms with Gasteiger partial charge < -0.3 is 5.73 Å². The molecule has 1 aliphatic heterocycles. The first-order valence-electron chi connectivity index (χ1n) is 9.47. The van der Waals surface area contributed by atoms with Crippen LogP contribution in [0.4, 0.5) is 4.39 Å². The van der Waals surface area contributed by atoms with Crippen LogP contribution < -0.4 is 10.5 Å². The third kappa shape index (κ3) is 3.78. The molecule has 1 saturated heterocycles. The van der Waals surface area contributed by atoms with E-state index in [2.05, 4.69) is 4.72 Å². The van der Waals surface area contributed by atoms with Gasteiger partial charge >= 0.3 is 0 Å². The number of fused-ring (bicyclic) bond motifs is 1. The topological polar surface area (TPSA) is 84.5 Å². The molecule has 0 radical (unpaired) electrons. The van der Waals surface area contributed by atoms with E-state index in [9.17, 15) is 12.8 Å². The average molecular weight is 380 g/mol. The van der Waals surface area contributed by atoms with Crippen LogP contribution in [0.2, 0.25) is 0 Å². The first kappa shape index (κ1) is 17.9. The molecule has 26 heavy (non-hydrogen) atoms. The van der Waals surface area contributed by atoms with E-state index in [0.717, 1.165) is 44.1 Å². The molecule has 0 bridgehead atoms. The predicted octanol–water partition coefficient (Wildman–Crippen LogP) is 3.03. The average Bonchev–Trinajstić information content (AvgIpc) is 3.31. The molecule has 3 atom stereocenters. The van der Waals surface area contributed by atoms with Crippen molar-refractivity contribution in [2.75, 3.05) is 0 Å². The van der Waals surface area contributed by atoms with Gasteiger partial charge in [-0.3, -0.25) is 9.71 Å². The molecule has 1 heterocycles. The number of sulfonamides is 1. The predicted molar refractivity (Wildman–Crippen MR) is 99.8 cm³/mol. The lowest BCUT2D eigenvalue weighted by molar-refractivity contribution is 0.354. The summed E-state index contributed by atoms with van der Waals surface area (Å²) in [7, 11) is -3.37. The van der Waals surface area contributed by atoms with E-state index in [1.807, 2.05) is 0 Å². The van der Waals surface area contributed by atoms with Crippen molar-refractivity contribution < 1.29 is 12.8 Å². The number of amidine groups is 1. The van der Waals surface area contributed by atoms with E-state index >= 15 is 0 Å². The van der Waals surface area contributed by atoms with E-state index in [-0.39, 0.29) is 28.6 Å². The maximum Gasteiger partial charge on any atom is 0.236 e. The van der Waals surface area contributed by atoms with E-state index in [4.69, 9.17) is 10.7 Å². The fourth-order valence-corrected chi connectivity index (χ4v) is 6.12. The zero-order valence-electron chi connectivity index (χ0n) is 14.8. The van der Waals surface area contributed by atoms with Gasteiger partial charge in [0.25, 0.3) is 0 Å². The highest BCUT2D eigenvalue weighted by Crippen LogP contribution is 2.42. The summed E-state index contributed by atoms with van der Waals surface area (Å²) in [5.74, 6) is 0.388. The summed E-state index contributed by atoms with van der Waals surface area (Å²) < 4.78 is 41.3. The zero-order chi connectivity index (χ0) is 18.4. The Kier molecular flexibility index (Phi) is 4.55. The second-order valence-corrected chi connectivity index (χ2v) is 10.0. The first-order chi connectivity index (χ1) is 12.3. The van der Waals surface area contributed by atoms with Gasteiger partial charge in [0.2, 0.25) is 10.0 Å². The summed E-state index contributed by atoms with van der Waals surface area (Å²) in [6, 6.07) is 6.02. The third-order valence-electron chi connectivity index (χ3n) is 6.01. The molecule has 3 aliphatic rings. The van der Waals surface area contributed by atoms with Crippen molar-refractivity contribution >= 4 is 15.9 Å². The van der Waals surface area contributed by atoms with Crippen LogP contribution in [0.1, 0.15) is 63.0 Å². The highest BCUT2D eigenvalue weighted by molar-refractivity contribution is 7.90. The Bertz CT molecular complexity index is 803. The van der Waals surface area contributed by atoms with Gasteiger partial charge in [-0.25, -0.2) is 12.8 Å². The summed E-state index contributed by atoms with van der Waals surface area (Å²) >= 11 is 0. The smallest absolute Gasteiger partial charge is 0.236 e. The zero-order valence-corrected chi connectivity index (χ0v) is 15.6. The van der Waals surface area contributed by atoms with Gasteiger partial charge in [-0.05, 0) is 55.7 Å². The number of benzene rings is 1. The summed E-state index contributed by atoms with van der Waals surface area (Å²) in [5, 5.41) is -0.288. The number of hydrogen-bond donors (Lipinski definition) is 2. The second-order valence-electron chi connectivity index (χ2n) is 8.14. The molecule has 2 unspecified atom stereocenters. The van der Waals surface area contributed by atoms with E-state index in [0.29, 0.717) is 18.7 Å². The summed E-state index contributed by atoms with van der Waals surface area (Å²) in [5.41, 5.74) is 6.94. The van der Waals surface area contributed by atoms with Crippen molar-refractivity contribution in [1.82, 2.24) is 4.72 Å². The number of halogens is 1. The number of aliphatic imine (C=N–C) groups is 1. The van der Waals surface area contributed by atoms with Gasteiger partial charge in [0.05, 0.1) is 11.3 Å². The fourth-order valence-electron chi connectivity index (χ4n) is 4.29. The summed E-state index contributed by atoms with van der Waals surface area (Å²) in [4.78, 5) is 4.77. The van der Waals surface area contributed by atoms with Gasteiger partial charge in [-0.15, -0.1) is 0 Å². The van der Waals surface area contributed by atoms with Crippen molar-refractivity contribution in [3.63, 3.8) is 0 Å². The second kappa shape index (κ2) is 6.60. The maximum absolute atomic E-state index is 13.3. The molecule has 3 fully saturated rings. The SMILES string of the molecule is NC1(C[C@H](N=C2CC3CCCCC3S(=O)(=O)N2)c2ccc(F)cc2)CC1. The van der Waals surface area contributed by atoms with Crippen LogP contribution in [0.25, 0.3) is 0 Å². The minimum atomic E-state index is -3.37. The molecule has 1 aromatic rings. The van der Waals surface area contributed by atoms with E-state index in [1.54, 1.807) is 12.1 Å². The van der Waals surface area contributed by atoms with Gasteiger partial charge in [0.15, 0.2) is 0 Å². The van der Waals surface area contributed by atoms with Crippen LogP contribution >= 0.6 is 0 Å². The van der Waals surface area contributed by atoms with E-state index in [1.165, 1.54) is 12.1 Å². The molecule has 0 aromatic heterocycles.